The van der Waals surface area contributed by atoms with Gasteiger partial charge in [-0.05, 0) is 25.1 Å². The molecule has 0 N–H and O–H groups in total. The highest BCUT2D eigenvalue weighted by molar-refractivity contribution is 6.01. The van der Waals surface area contributed by atoms with E-state index < -0.39 is 0 Å². The van der Waals surface area contributed by atoms with E-state index in [1.165, 1.54) is 13.0 Å². The third-order valence-electron chi connectivity index (χ3n) is 3.78. The quantitative estimate of drug-likeness (QED) is 0.761. The van der Waals surface area contributed by atoms with Crippen molar-refractivity contribution in [3.63, 3.8) is 0 Å². The predicted octanol–water partition coefficient (Wildman–Crippen LogP) is 2.81. The Morgan fingerprint density at radius 3 is 2.42 bits per heavy atom. The highest BCUT2D eigenvalue weighted by Crippen LogP contribution is 2.23. The van der Waals surface area contributed by atoms with Crippen molar-refractivity contribution in [2.24, 2.45) is 0 Å². The number of rotatable bonds is 5. The number of benzene rings is 1. The third-order valence-corrected chi connectivity index (χ3v) is 3.78. The molecule has 0 saturated carbocycles. The van der Waals surface area contributed by atoms with Crippen LogP contribution in [0.1, 0.15) is 37.0 Å². The van der Waals surface area contributed by atoms with E-state index in [9.17, 15) is 4.79 Å². The molecule has 1 aliphatic heterocycles. The molecule has 1 aromatic carbocycles. The Bertz CT molecular complexity index is 423. The van der Waals surface area contributed by atoms with E-state index in [-0.39, 0.29) is 5.78 Å². The summed E-state index contributed by atoms with van der Waals surface area (Å²) >= 11 is 0. The zero-order valence-electron chi connectivity index (χ0n) is 12.1. The Labute approximate surface area is 116 Å². The van der Waals surface area contributed by atoms with Crippen LogP contribution < -0.4 is 4.90 Å². The van der Waals surface area contributed by atoms with E-state index in [1.54, 1.807) is 0 Å². The molecule has 1 aliphatic rings. The Morgan fingerprint density at radius 2 is 1.79 bits per heavy atom. The minimum atomic E-state index is 0.242. The minimum absolute atomic E-state index is 0.242. The van der Waals surface area contributed by atoms with Gasteiger partial charge in [-0.25, -0.2) is 0 Å². The van der Waals surface area contributed by atoms with Gasteiger partial charge in [-0.15, -0.1) is 0 Å². The van der Waals surface area contributed by atoms with Crippen molar-refractivity contribution in [1.29, 1.82) is 0 Å². The van der Waals surface area contributed by atoms with Crippen molar-refractivity contribution in [1.82, 2.24) is 4.90 Å². The highest BCUT2D eigenvalue weighted by atomic mass is 16.1. The first-order chi connectivity index (χ1) is 9.26. The molecule has 0 amide bonds. The monoisotopic (exact) mass is 260 g/mol. The van der Waals surface area contributed by atoms with E-state index in [0.717, 1.165) is 37.4 Å². The maximum Gasteiger partial charge on any atom is 0.164 e. The van der Waals surface area contributed by atoms with Gasteiger partial charge in [0, 0.05) is 43.9 Å². The Hall–Kier alpha value is -1.35. The summed E-state index contributed by atoms with van der Waals surface area (Å²) in [6.45, 7) is 9.58. The second-order valence-electron chi connectivity index (χ2n) is 5.12. The molecule has 104 valence electrons. The van der Waals surface area contributed by atoms with E-state index in [2.05, 4.69) is 22.8 Å². The van der Waals surface area contributed by atoms with Gasteiger partial charge in [0.2, 0.25) is 0 Å². The van der Waals surface area contributed by atoms with Gasteiger partial charge in [0.1, 0.15) is 0 Å². The second kappa shape index (κ2) is 6.71. The van der Waals surface area contributed by atoms with Crippen molar-refractivity contribution in [2.45, 2.75) is 26.7 Å². The zero-order valence-corrected chi connectivity index (χ0v) is 12.1. The number of piperazine rings is 1. The van der Waals surface area contributed by atoms with Crippen LogP contribution in [0.15, 0.2) is 24.3 Å². The fourth-order valence-electron chi connectivity index (χ4n) is 2.70. The first kappa shape index (κ1) is 14.1. The van der Waals surface area contributed by atoms with Crippen LogP contribution in [0.2, 0.25) is 0 Å². The third kappa shape index (κ3) is 3.35. The number of hydrogen-bond donors (Lipinski definition) is 0. The molecule has 1 fully saturated rings. The average Bonchev–Trinajstić information content (AvgIpc) is 2.47. The van der Waals surface area contributed by atoms with Gasteiger partial charge >= 0.3 is 0 Å². The molecule has 1 heterocycles. The summed E-state index contributed by atoms with van der Waals surface area (Å²) in [4.78, 5) is 16.9. The van der Waals surface area contributed by atoms with Gasteiger partial charge in [-0.2, -0.15) is 0 Å². The zero-order chi connectivity index (χ0) is 13.7. The van der Waals surface area contributed by atoms with Gasteiger partial charge < -0.3 is 4.90 Å². The smallest absolute Gasteiger partial charge is 0.164 e. The van der Waals surface area contributed by atoms with Crippen molar-refractivity contribution >= 4 is 11.5 Å². The number of anilines is 1. The van der Waals surface area contributed by atoms with Crippen molar-refractivity contribution in [2.75, 3.05) is 37.6 Å². The van der Waals surface area contributed by atoms with E-state index in [0.29, 0.717) is 6.42 Å². The lowest BCUT2D eigenvalue weighted by Crippen LogP contribution is -2.46. The van der Waals surface area contributed by atoms with Crippen LogP contribution in [-0.4, -0.2) is 43.4 Å². The van der Waals surface area contributed by atoms with Crippen LogP contribution >= 0.6 is 0 Å². The predicted molar refractivity (Wildman–Crippen MR) is 80.0 cm³/mol. The summed E-state index contributed by atoms with van der Waals surface area (Å²) in [5.41, 5.74) is 2.00. The molecule has 0 atom stereocenters. The number of carbonyl (C=O) groups is 1. The van der Waals surface area contributed by atoms with Crippen LogP contribution in [0.4, 0.5) is 5.69 Å². The molecule has 0 aliphatic carbocycles. The summed E-state index contributed by atoms with van der Waals surface area (Å²) in [6.07, 6.45) is 1.79. The molecule has 0 radical (unpaired) electrons. The standard InChI is InChI=1S/C16H24N2O/c1-3-9-17-10-12-18(13-11-17)15-8-6-5-7-14(15)16(19)4-2/h5-8H,3-4,9-13H2,1-2H3. The SMILES string of the molecule is CCCN1CCN(c2ccccc2C(=O)CC)CC1. The van der Waals surface area contributed by atoms with Crippen LogP contribution in [0.5, 0.6) is 0 Å². The fraction of sp³-hybridized carbons (Fsp3) is 0.562. The fourth-order valence-corrected chi connectivity index (χ4v) is 2.70. The highest BCUT2D eigenvalue weighted by Gasteiger charge is 2.20. The summed E-state index contributed by atoms with van der Waals surface area (Å²) in [6, 6.07) is 8.03. The molecule has 1 aromatic rings. The molecule has 0 spiro atoms. The number of nitrogens with zero attached hydrogens (tertiary/aromatic N) is 2. The molecule has 2 rings (SSSR count). The average molecular weight is 260 g/mol. The van der Waals surface area contributed by atoms with Crippen LogP contribution in [0, 0.1) is 0 Å². The molecule has 19 heavy (non-hydrogen) atoms. The Morgan fingerprint density at radius 1 is 1.11 bits per heavy atom. The maximum atomic E-state index is 12.0. The van der Waals surface area contributed by atoms with Crippen LogP contribution in [-0.2, 0) is 0 Å². The van der Waals surface area contributed by atoms with Gasteiger partial charge in [-0.1, -0.05) is 26.0 Å². The number of ketones is 1. The number of Topliss-reactive ketones (excluding diaryl/α,β-unsaturated/α-hetero) is 1. The molecule has 0 unspecified atom stereocenters. The first-order valence-corrected chi connectivity index (χ1v) is 7.35. The van der Waals surface area contributed by atoms with E-state index in [4.69, 9.17) is 0 Å². The first-order valence-electron chi connectivity index (χ1n) is 7.35. The van der Waals surface area contributed by atoms with Gasteiger partial charge in [0.05, 0.1) is 0 Å². The van der Waals surface area contributed by atoms with Gasteiger partial charge in [0.25, 0.3) is 0 Å². The molecule has 0 aromatic heterocycles. The molecule has 3 heteroatoms. The lowest BCUT2D eigenvalue weighted by atomic mass is 10.1. The van der Waals surface area contributed by atoms with Gasteiger partial charge in [-0.3, -0.25) is 9.69 Å². The summed E-state index contributed by atoms with van der Waals surface area (Å²) in [5, 5.41) is 0. The molecule has 0 bridgehead atoms. The second-order valence-corrected chi connectivity index (χ2v) is 5.12. The van der Waals surface area contributed by atoms with Gasteiger partial charge in [0.15, 0.2) is 5.78 Å². The maximum absolute atomic E-state index is 12.0. The van der Waals surface area contributed by atoms with Crippen molar-refractivity contribution in [3.05, 3.63) is 29.8 Å². The molecule has 3 nitrogen and oxygen atoms in total. The topological polar surface area (TPSA) is 23.6 Å². The van der Waals surface area contributed by atoms with E-state index in [1.807, 2.05) is 25.1 Å². The lowest BCUT2D eigenvalue weighted by molar-refractivity contribution is 0.0988. The molecule has 1 saturated heterocycles. The largest absolute Gasteiger partial charge is 0.368 e. The van der Waals surface area contributed by atoms with Crippen molar-refractivity contribution in [3.8, 4) is 0 Å². The van der Waals surface area contributed by atoms with Crippen molar-refractivity contribution < 1.29 is 4.79 Å². The van der Waals surface area contributed by atoms with Crippen LogP contribution in [0.3, 0.4) is 0 Å². The summed E-state index contributed by atoms with van der Waals surface area (Å²) < 4.78 is 0. The minimum Gasteiger partial charge on any atom is -0.368 e. The number of carbonyl (C=O) groups excluding carboxylic acids is 1. The Balaban J connectivity index is 2.09. The van der Waals surface area contributed by atoms with Crippen LogP contribution in [0.25, 0.3) is 0 Å². The Kier molecular flexibility index (Phi) is 4.97. The molecular formula is C16H24N2O. The normalized spacial score (nSPS) is 16.6. The van der Waals surface area contributed by atoms with E-state index >= 15 is 0 Å². The molecular weight excluding hydrogens is 236 g/mol. The number of hydrogen-bond acceptors (Lipinski definition) is 3. The summed E-state index contributed by atoms with van der Waals surface area (Å²) in [5.74, 6) is 0.242. The summed E-state index contributed by atoms with van der Waals surface area (Å²) in [7, 11) is 0. The lowest BCUT2D eigenvalue weighted by Gasteiger charge is -2.36. The number of para-hydroxylation sites is 1.